The van der Waals surface area contributed by atoms with Crippen molar-refractivity contribution < 1.29 is 49.9 Å². The molecule has 1 N–H and O–H groups in total. The minimum absolute atomic E-state index is 0.00626. The summed E-state index contributed by atoms with van der Waals surface area (Å²) in [5.41, 5.74) is 0.497. The number of nitrogens with zero attached hydrogens (tertiary/aromatic N) is 4. The monoisotopic (exact) mass is 559 g/mol. The van der Waals surface area contributed by atoms with Crippen LogP contribution in [-0.2, 0) is 10.9 Å². The van der Waals surface area contributed by atoms with Crippen molar-refractivity contribution in [1.29, 1.82) is 0 Å². The summed E-state index contributed by atoms with van der Waals surface area (Å²) in [4.78, 5) is 34.1. The number of pyridine rings is 1. The number of hydrogen-bond acceptors (Lipinski definition) is 8. The Labute approximate surface area is 215 Å². The standard InChI is InChI=1S/C23H19F6N5O5/c24-22(25,26)12-38-17-6-5-15(9-30-17)20(36)34-7-8-37-11-16(34)10-31-19(35)14-3-1-13(2-4-14)18-32-21(39-33-18)23(27,28)29/h1-6,9,16H,7-8,10-12H2,(H,31,35)/t16-/m0/s1. The van der Waals surface area contributed by atoms with Gasteiger partial charge in [-0.2, -0.15) is 31.3 Å². The number of morpholine rings is 1. The number of aromatic nitrogens is 3. The lowest BCUT2D eigenvalue weighted by Crippen LogP contribution is -2.53. The van der Waals surface area contributed by atoms with E-state index < -0.39 is 42.7 Å². The number of amides is 2. The number of rotatable bonds is 7. The van der Waals surface area contributed by atoms with Crippen LogP contribution in [0.3, 0.4) is 0 Å². The first kappa shape index (κ1) is 27.8. The molecular weight excluding hydrogens is 540 g/mol. The highest BCUT2D eigenvalue weighted by Gasteiger charge is 2.38. The summed E-state index contributed by atoms with van der Waals surface area (Å²) in [5.74, 6) is -3.06. The van der Waals surface area contributed by atoms with Crippen LogP contribution in [0.15, 0.2) is 47.1 Å². The van der Waals surface area contributed by atoms with Crippen molar-refractivity contribution in [3.05, 3.63) is 59.6 Å². The van der Waals surface area contributed by atoms with Crippen molar-refractivity contribution >= 4 is 11.8 Å². The second kappa shape index (κ2) is 11.3. The average Bonchev–Trinajstić information content (AvgIpc) is 3.42. The predicted octanol–water partition coefficient (Wildman–Crippen LogP) is 3.36. The van der Waals surface area contributed by atoms with Gasteiger partial charge >= 0.3 is 18.2 Å². The number of hydrogen-bond donors (Lipinski definition) is 1. The van der Waals surface area contributed by atoms with Crippen molar-refractivity contribution in [3.8, 4) is 17.3 Å². The lowest BCUT2D eigenvalue weighted by molar-refractivity contribution is -0.159. The van der Waals surface area contributed by atoms with Gasteiger partial charge in [0.25, 0.3) is 11.8 Å². The van der Waals surface area contributed by atoms with Crippen molar-refractivity contribution in [2.45, 2.75) is 18.4 Å². The molecule has 4 rings (SSSR count). The SMILES string of the molecule is O=C(NC[C@H]1COCCN1C(=O)c1ccc(OCC(F)(F)F)nc1)c1ccc(-c2noc(C(F)(F)F)n2)cc1. The Morgan fingerprint density at radius 1 is 1.05 bits per heavy atom. The van der Waals surface area contributed by atoms with Crippen molar-refractivity contribution in [3.63, 3.8) is 0 Å². The summed E-state index contributed by atoms with van der Waals surface area (Å²) in [6.45, 7) is -0.955. The van der Waals surface area contributed by atoms with Gasteiger partial charge in [0.05, 0.1) is 24.8 Å². The normalized spacial score (nSPS) is 16.2. The van der Waals surface area contributed by atoms with Gasteiger partial charge in [0.15, 0.2) is 6.61 Å². The molecule has 1 fully saturated rings. The first-order valence-electron chi connectivity index (χ1n) is 11.2. The fraction of sp³-hybridized carbons (Fsp3) is 0.348. The van der Waals surface area contributed by atoms with Crippen molar-refractivity contribution in [2.24, 2.45) is 0 Å². The third kappa shape index (κ3) is 7.22. The first-order valence-corrected chi connectivity index (χ1v) is 11.2. The molecule has 10 nitrogen and oxygen atoms in total. The van der Waals surface area contributed by atoms with E-state index in [1.54, 1.807) is 0 Å². The Kier molecular flexibility index (Phi) is 8.03. The molecule has 3 heterocycles. The third-order valence-electron chi connectivity index (χ3n) is 5.43. The maximum absolute atomic E-state index is 13.0. The van der Waals surface area contributed by atoms with Crippen LogP contribution in [0.5, 0.6) is 5.88 Å². The molecule has 3 aromatic rings. The lowest BCUT2D eigenvalue weighted by atomic mass is 10.1. The zero-order valence-electron chi connectivity index (χ0n) is 19.8. The highest BCUT2D eigenvalue weighted by molar-refractivity contribution is 5.95. The van der Waals surface area contributed by atoms with Gasteiger partial charge < -0.3 is 24.2 Å². The number of nitrogens with one attached hydrogen (secondary N) is 1. The summed E-state index contributed by atoms with van der Waals surface area (Å²) in [6.07, 6.45) is -8.21. The number of carbonyl (C=O) groups excluding carboxylic acids is 2. The van der Waals surface area contributed by atoms with Gasteiger partial charge in [-0.1, -0.05) is 17.3 Å². The summed E-state index contributed by atoms with van der Waals surface area (Å²) >= 11 is 0. The van der Waals surface area contributed by atoms with Gasteiger partial charge in [-0.15, -0.1) is 0 Å². The molecule has 1 aliphatic rings. The molecule has 2 aromatic heterocycles. The molecule has 0 bridgehead atoms. The fourth-order valence-electron chi connectivity index (χ4n) is 3.54. The molecule has 208 valence electrons. The molecule has 0 saturated carbocycles. The minimum Gasteiger partial charge on any atom is -0.468 e. The van der Waals surface area contributed by atoms with Crippen LogP contribution in [0.4, 0.5) is 26.3 Å². The molecule has 2 amide bonds. The molecule has 39 heavy (non-hydrogen) atoms. The van der Waals surface area contributed by atoms with E-state index in [9.17, 15) is 35.9 Å². The van der Waals surface area contributed by atoms with E-state index in [1.165, 1.54) is 35.2 Å². The maximum Gasteiger partial charge on any atom is 0.471 e. The molecular formula is C23H19F6N5O5. The summed E-state index contributed by atoms with van der Waals surface area (Å²) < 4.78 is 89.0. The van der Waals surface area contributed by atoms with Gasteiger partial charge in [-0.3, -0.25) is 9.59 Å². The first-order chi connectivity index (χ1) is 18.4. The summed E-state index contributed by atoms with van der Waals surface area (Å²) in [7, 11) is 0. The van der Waals surface area contributed by atoms with E-state index in [-0.39, 0.29) is 54.7 Å². The average molecular weight is 559 g/mol. The zero-order chi connectivity index (χ0) is 28.2. The van der Waals surface area contributed by atoms with Crippen molar-refractivity contribution in [1.82, 2.24) is 25.3 Å². The molecule has 1 atom stereocenters. The molecule has 1 aromatic carbocycles. The smallest absolute Gasteiger partial charge is 0.468 e. The van der Waals surface area contributed by atoms with Gasteiger partial charge in [-0.25, -0.2) is 4.98 Å². The van der Waals surface area contributed by atoms with E-state index in [2.05, 4.69) is 29.7 Å². The van der Waals surface area contributed by atoms with E-state index in [1.807, 2.05) is 0 Å². The highest BCUT2D eigenvalue weighted by atomic mass is 19.4. The third-order valence-corrected chi connectivity index (χ3v) is 5.43. The Hall–Kier alpha value is -4.21. The van der Waals surface area contributed by atoms with Crippen LogP contribution in [0.25, 0.3) is 11.4 Å². The van der Waals surface area contributed by atoms with E-state index in [0.717, 1.165) is 12.3 Å². The Morgan fingerprint density at radius 2 is 1.77 bits per heavy atom. The zero-order valence-corrected chi connectivity index (χ0v) is 19.8. The van der Waals surface area contributed by atoms with Crippen LogP contribution >= 0.6 is 0 Å². The van der Waals surface area contributed by atoms with Gasteiger partial charge in [0.1, 0.15) is 0 Å². The van der Waals surface area contributed by atoms with Crippen LogP contribution in [0.1, 0.15) is 26.6 Å². The highest BCUT2D eigenvalue weighted by Crippen LogP contribution is 2.29. The lowest BCUT2D eigenvalue weighted by Gasteiger charge is -2.35. The fourth-order valence-corrected chi connectivity index (χ4v) is 3.54. The van der Waals surface area contributed by atoms with Crippen LogP contribution in [0.2, 0.25) is 0 Å². The van der Waals surface area contributed by atoms with Crippen LogP contribution < -0.4 is 10.1 Å². The van der Waals surface area contributed by atoms with E-state index >= 15 is 0 Å². The summed E-state index contributed by atoms with van der Waals surface area (Å²) in [5, 5.41) is 5.96. The molecule has 1 saturated heterocycles. The second-order valence-corrected chi connectivity index (χ2v) is 8.22. The van der Waals surface area contributed by atoms with Gasteiger partial charge in [0.2, 0.25) is 11.7 Å². The molecule has 16 heteroatoms. The molecule has 1 aliphatic heterocycles. The Balaban J connectivity index is 1.35. The number of halogens is 6. The minimum atomic E-state index is -4.78. The largest absolute Gasteiger partial charge is 0.471 e. The number of ether oxygens (including phenoxy) is 2. The molecule has 0 spiro atoms. The summed E-state index contributed by atoms with van der Waals surface area (Å²) in [6, 6.07) is 7.32. The van der Waals surface area contributed by atoms with Gasteiger partial charge in [0, 0.05) is 36.5 Å². The van der Waals surface area contributed by atoms with E-state index in [4.69, 9.17) is 4.74 Å². The Bertz CT molecular complexity index is 1290. The molecule has 0 unspecified atom stereocenters. The van der Waals surface area contributed by atoms with Crippen LogP contribution in [0, 0.1) is 0 Å². The van der Waals surface area contributed by atoms with Crippen LogP contribution in [-0.4, -0.2) is 77.0 Å². The van der Waals surface area contributed by atoms with E-state index in [0.29, 0.717) is 0 Å². The number of carbonyl (C=O) groups is 2. The second-order valence-electron chi connectivity index (χ2n) is 8.22. The quantitative estimate of drug-likeness (QED) is 0.438. The molecule has 0 aliphatic carbocycles. The van der Waals surface area contributed by atoms with Gasteiger partial charge in [-0.05, 0) is 18.2 Å². The maximum atomic E-state index is 13.0. The number of benzene rings is 1. The predicted molar refractivity (Wildman–Crippen MR) is 118 cm³/mol. The number of alkyl halides is 6. The Morgan fingerprint density at radius 3 is 2.38 bits per heavy atom. The molecule has 0 radical (unpaired) electrons. The van der Waals surface area contributed by atoms with Crippen molar-refractivity contribution in [2.75, 3.05) is 32.9 Å². The topological polar surface area (TPSA) is 120 Å².